The maximum absolute atomic E-state index is 12.0. The summed E-state index contributed by atoms with van der Waals surface area (Å²) in [5, 5.41) is 3.14. The van der Waals surface area contributed by atoms with Crippen molar-refractivity contribution in [2.75, 3.05) is 13.1 Å². The molecule has 1 aromatic heterocycles. The molecule has 0 saturated carbocycles. The van der Waals surface area contributed by atoms with E-state index in [2.05, 4.69) is 10.3 Å². The number of carbonyl (C=O) groups excluding carboxylic acids is 2. The average molecular weight is 282 g/mol. The highest BCUT2D eigenvalue weighted by atomic mass is 35.5. The van der Waals surface area contributed by atoms with Crippen molar-refractivity contribution < 1.29 is 9.59 Å². The Hall–Kier alpha value is -1.62. The minimum atomic E-state index is -0.209. The number of likely N-dealkylation sites (tertiary alicyclic amines) is 1. The van der Waals surface area contributed by atoms with Crippen molar-refractivity contribution in [2.45, 2.75) is 25.8 Å². The lowest BCUT2D eigenvalue weighted by atomic mass is 10.0. The maximum atomic E-state index is 12.0. The van der Waals surface area contributed by atoms with Crippen molar-refractivity contribution in [3.8, 4) is 0 Å². The number of piperidine rings is 1. The summed E-state index contributed by atoms with van der Waals surface area (Å²) < 4.78 is 0. The maximum Gasteiger partial charge on any atom is 0.254 e. The smallest absolute Gasteiger partial charge is 0.254 e. The predicted octanol–water partition coefficient (Wildman–Crippen LogP) is 1.48. The summed E-state index contributed by atoms with van der Waals surface area (Å²) >= 11 is 5.88. The zero-order valence-electron chi connectivity index (χ0n) is 10.7. The summed E-state index contributed by atoms with van der Waals surface area (Å²) in [6.45, 7) is 2.93. The molecule has 1 fully saturated rings. The van der Waals surface area contributed by atoms with E-state index in [9.17, 15) is 9.59 Å². The third kappa shape index (κ3) is 3.44. The molecular formula is C13H16ClN3O2. The van der Waals surface area contributed by atoms with Crippen LogP contribution in [0, 0.1) is 0 Å². The molecule has 2 amide bonds. The highest BCUT2D eigenvalue weighted by molar-refractivity contribution is 6.32. The number of pyridine rings is 1. The lowest BCUT2D eigenvalue weighted by Gasteiger charge is -2.31. The van der Waals surface area contributed by atoms with E-state index in [1.807, 2.05) is 0 Å². The topological polar surface area (TPSA) is 62.3 Å². The van der Waals surface area contributed by atoms with Crippen molar-refractivity contribution in [2.24, 2.45) is 0 Å². The molecule has 0 bridgehead atoms. The first-order valence-electron chi connectivity index (χ1n) is 6.25. The van der Waals surface area contributed by atoms with Gasteiger partial charge in [0.2, 0.25) is 5.91 Å². The van der Waals surface area contributed by atoms with Crippen molar-refractivity contribution in [3.63, 3.8) is 0 Å². The number of hydrogen-bond donors (Lipinski definition) is 1. The number of hydrogen-bond acceptors (Lipinski definition) is 3. The summed E-state index contributed by atoms with van der Waals surface area (Å²) in [4.78, 5) is 28.9. The van der Waals surface area contributed by atoms with Crippen LogP contribution in [-0.2, 0) is 4.79 Å². The fourth-order valence-corrected chi connectivity index (χ4v) is 2.36. The third-order valence-corrected chi connectivity index (χ3v) is 3.58. The van der Waals surface area contributed by atoms with E-state index in [-0.39, 0.29) is 23.0 Å². The van der Waals surface area contributed by atoms with Gasteiger partial charge >= 0.3 is 0 Å². The monoisotopic (exact) mass is 281 g/mol. The second-order valence-corrected chi connectivity index (χ2v) is 4.95. The summed E-state index contributed by atoms with van der Waals surface area (Å²) in [6, 6.07) is 3.41. The number of nitrogens with zero attached hydrogens (tertiary/aromatic N) is 2. The fourth-order valence-electron chi connectivity index (χ4n) is 2.16. The molecule has 6 heteroatoms. The predicted molar refractivity (Wildman–Crippen MR) is 72.0 cm³/mol. The van der Waals surface area contributed by atoms with E-state index in [1.165, 1.54) is 0 Å². The van der Waals surface area contributed by atoms with Gasteiger partial charge in [0.1, 0.15) is 5.15 Å². The Labute approximate surface area is 117 Å². The van der Waals surface area contributed by atoms with Crippen LogP contribution in [0.5, 0.6) is 0 Å². The van der Waals surface area contributed by atoms with Crippen LogP contribution in [-0.4, -0.2) is 40.8 Å². The Morgan fingerprint density at radius 1 is 1.42 bits per heavy atom. The molecule has 0 unspecified atom stereocenters. The molecule has 5 nitrogen and oxygen atoms in total. The molecule has 1 aliphatic rings. The molecular weight excluding hydrogens is 266 g/mol. The Bertz CT molecular complexity index is 485. The first kappa shape index (κ1) is 13.8. The largest absolute Gasteiger partial charge is 0.349 e. The number of halogens is 1. The third-order valence-electron chi connectivity index (χ3n) is 3.28. The molecule has 0 radical (unpaired) electrons. The van der Waals surface area contributed by atoms with Gasteiger partial charge in [0, 0.05) is 32.3 Å². The van der Waals surface area contributed by atoms with E-state index in [1.54, 1.807) is 30.2 Å². The lowest BCUT2D eigenvalue weighted by Crippen LogP contribution is -2.46. The van der Waals surface area contributed by atoms with Crippen LogP contribution < -0.4 is 5.32 Å². The fraction of sp³-hybridized carbons (Fsp3) is 0.462. The van der Waals surface area contributed by atoms with Crippen LogP contribution in [0.2, 0.25) is 5.15 Å². The zero-order chi connectivity index (χ0) is 13.8. The van der Waals surface area contributed by atoms with Gasteiger partial charge in [0.25, 0.3) is 5.91 Å². The quantitative estimate of drug-likeness (QED) is 0.835. The van der Waals surface area contributed by atoms with Gasteiger partial charge in [0.15, 0.2) is 0 Å². The molecule has 1 saturated heterocycles. The molecule has 0 atom stereocenters. The molecule has 1 aliphatic heterocycles. The second-order valence-electron chi connectivity index (χ2n) is 4.60. The Morgan fingerprint density at radius 3 is 2.68 bits per heavy atom. The number of amides is 2. The van der Waals surface area contributed by atoms with Crippen molar-refractivity contribution >= 4 is 23.4 Å². The summed E-state index contributed by atoms with van der Waals surface area (Å²) in [6.07, 6.45) is 3.08. The molecule has 0 spiro atoms. The van der Waals surface area contributed by atoms with Crippen LogP contribution >= 0.6 is 11.6 Å². The van der Waals surface area contributed by atoms with E-state index < -0.39 is 0 Å². The number of carbonyl (C=O) groups is 2. The van der Waals surface area contributed by atoms with E-state index in [4.69, 9.17) is 11.6 Å². The molecule has 0 aromatic carbocycles. The SMILES string of the molecule is CC(=O)N1CCC(NC(=O)c2cccnc2Cl)CC1. The summed E-state index contributed by atoms with van der Waals surface area (Å²) in [5.41, 5.74) is 0.387. The number of aromatic nitrogens is 1. The minimum absolute atomic E-state index is 0.0828. The van der Waals surface area contributed by atoms with Gasteiger partial charge in [-0.15, -0.1) is 0 Å². The van der Waals surface area contributed by atoms with Crippen molar-refractivity contribution in [1.82, 2.24) is 15.2 Å². The molecule has 1 aromatic rings. The minimum Gasteiger partial charge on any atom is -0.349 e. The normalized spacial score (nSPS) is 16.2. The van der Waals surface area contributed by atoms with Crippen molar-refractivity contribution in [3.05, 3.63) is 29.0 Å². The van der Waals surface area contributed by atoms with E-state index in [0.717, 1.165) is 12.8 Å². The summed E-state index contributed by atoms with van der Waals surface area (Å²) in [5.74, 6) is -0.126. The van der Waals surface area contributed by atoms with E-state index >= 15 is 0 Å². The van der Waals surface area contributed by atoms with Crippen LogP contribution in [0.15, 0.2) is 18.3 Å². The van der Waals surface area contributed by atoms with E-state index in [0.29, 0.717) is 18.7 Å². The van der Waals surface area contributed by atoms with Crippen LogP contribution in [0.3, 0.4) is 0 Å². The van der Waals surface area contributed by atoms with Crippen molar-refractivity contribution in [1.29, 1.82) is 0 Å². The number of rotatable bonds is 2. The molecule has 2 heterocycles. The Kier molecular flexibility index (Phi) is 4.37. The molecule has 102 valence electrons. The zero-order valence-corrected chi connectivity index (χ0v) is 11.5. The van der Waals surface area contributed by atoms with Crippen LogP contribution in [0.4, 0.5) is 0 Å². The van der Waals surface area contributed by atoms with Gasteiger partial charge in [-0.1, -0.05) is 11.6 Å². The first-order valence-corrected chi connectivity index (χ1v) is 6.62. The van der Waals surface area contributed by atoms with Gasteiger partial charge in [-0.3, -0.25) is 9.59 Å². The first-order chi connectivity index (χ1) is 9.08. The summed E-state index contributed by atoms with van der Waals surface area (Å²) in [7, 11) is 0. The van der Waals surface area contributed by atoms with Gasteiger partial charge in [-0.2, -0.15) is 0 Å². The molecule has 1 N–H and O–H groups in total. The standard InChI is InChI=1S/C13H16ClN3O2/c1-9(18)17-7-4-10(5-8-17)16-13(19)11-3-2-6-15-12(11)14/h2-3,6,10H,4-5,7-8H2,1H3,(H,16,19). The number of nitrogens with one attached hydrogen (secondary N) is 1. The van der Waals surface area contributed by atoms with Gasteiger partial charge in [-0.25, -0.2) is 4.98 Å². The lowest BCUT2D eigenvalue weighted by molar-refractivity contribution is -0.129. The van der Waals surface area contributed by atoms with Gasteiger partial charge in [0.05, 0.1) is 5.56 Å². The van der Waals surface area contributed by atoms with Crippen LogP contribution in [0.1, 0.15) is 30.1 Å². The van der Waals surface area contributed by atoms with Gasteiger partial charge < -0.3 is 10.2 Å². The molecule has 2 rings (SSSR count). The Balaban J connectivity index is 1.91. The van der Waals surface area contributed by atoms with Gasteiger partial charge in [-0.05, 0) is 25.0 Å². The van der Waals surface area contributed by atoms with Crippen LogP contribution in [0.25, 0.3) is 0 Å². The Morgan fingerprint density at radius 2 is 2.11 bits per heavy atom. The molecule has 0 aliphatic carbocycles. The highest BCUT2D eigenvalue weighted by Gasteiger charge is 2.23. The second kappa shape index (κ2) is 6.02. The molecule has 19 heavy (non-hydrogen) atoms. The average Bonchev–Trinajstić information content (AvgIpc) is 2.39. The highest BCUT2D eigenvalue weighted by Crippen LogP contribution is 2.14.